The van der Waals surface area contributed by atoms with Crippen molar-refractivity contribution in [1.29, 1.82) is 0 Å². The fraction of sp³-hybridized carbons (Fsp3) is 0.409. The number of rotatable bonds is 4. The summed E-state index contributed by atoms with van der Waals surface area (Å²) < 4.78 is 0. The highest BCUT2D eigenvalue weighted by Gasteiger charge is 2.24. The van der Waals surface area contributed by atoms with Gasteiger partial charge in [-0.1, -0.05) is 30.8 Å². The summed E-state index contributed by atoms with van der Waals surface area (Å²) in [5.41, 5.74) is 4.59. The van der Waals surface area contributed by atoms with Crippen LogP contribution in [0.15, 0.2) is 23.2 Å². The highest BCUT2D eigenvalue weighted by Crippen LogP contribution is 2.40. The molecule has 0 bridgehead atoms. The third-order valence-electron chi connectivity index (χ3n) is 5.45. The minimum Gasteiger partial charge on any atom is -0.325 e. The maximum Gasteiger partial charge on any atom is 0.234 e. The molecule has 4 nitrogen and oxygen atoms in total. The Morgan fingerprint density at radius 3 is 2.93 bits per heavy atom. The molecule has 1 N–H and O–H groups in total. The number of amides is 1. The molecule has 0 radical (unpaired) electrons. The third kappa shape index (κ3) is 3.80. The summed E-state index contributed by atoms with van der Waals surface area (Å²) in [5, 5.41) is 5.18. The molecule has 6 heteroatoms. The van der Waals surface area contributed by atoms with Gasteiger partial charge in [-0.15, -0.1) is 11.3 Å². The van der Waals surface area contributed by atoms with E-state index in [9.17, 15) is 4.79 Å². The number of hydrogen-bond acceptors (Lipinski definition) is 5. The van der Waals surface area contributed by atoms with Crippen LogP contribution >= 0.6 is 23.1 Å². The zero-order valence-electron chi connectivity index (χ0n) is 16.8. The molecule has 1 aliphatic carbocycles. The summed E-state index contributed by atoms with van der Waals surface area (Å²) in [4.78, 5) is 24.5. The maximum atomic E-state index is 12.6. The third-order valence-corrected chi connectivity index (χ3v) is 7.58. The van der Waals surface area contributed by atoms with Crippen molar-refractivity contribution in [2.45, 2.75) is 52.0 Å². The van der Waals surface area contributed by atoms with Gasteiger partial charge in [-0.25, -0.2) is 9.97 Å². The molecule has 1 amide bonds. The molecule has 0 fully saturated rings. The van der Waals surface area contributed by atoms with Crippen LogP contribution in [-0.2, 0) is 17.6 Å². The SMILES string of the molecule is Cc1nc(SCC(=O)Nc2cccc(C)c2C)c2c3c(sc2n1)C[C@H](C)CC3. The van der Waals surface area contributed by atoms with Crippen molar-refractivity contribution in [3.05, 3.63) is 45.6 Å². The molecular formula is C22H25N3OS2. The minimum atomic E-state index is 0.000773. The maximum absolute atomic E-state index is 12.6. The second-order valence-corrected chi connectivity index (χ2v) is 9.74. The van der Waals surface area contributed by atoms with E-state index >= 15 is 0 Å². The van der Waals surface area contributed by atoms with Gasteiger partial charge in [0.25, 0.3) is 0 Å². The van der Waals surface area contributed by atoms with Crippen LogP contribution in [0.4, 0.5) is 5.69 Å². The first-order valence-corrected chi connectivity index (χ1v) is 11.5. The van der Waals surface area contributed by atoms with Crippen molar-refractivity contribution in [2.24, 2.45) is 5.92 Å². The Morgan fingerprint density at radius 1 is 1.29 bits per heavy atom. The van der Waals surface area contributed by atoms with E-state index in [4.69, 9.17) is 0 Å². The number of carbonyl (C=O) groups is 1. The second kappa shape index (κ2) is 7.84. The first-order valence-electron chi connectivity index (χ1n) is 9.70. The summed E-state index contributed by atoms with van der Waals surface area (Å²) >= 11 is 3.33. The summed E-state index contributed by atoms with van der Waals surface area (Å²) in [5.74, 6) is 1.85. The van der Waals surface area contributed by atoms with E-state index in [-0.39, 0.29) is 5.91 Å². The Kier molecular flexibility index (Phi) is 5.43. The predicted octanol–water partition coefficient (Wildman–Crippen LogP) is 5.47. The van der Waals surface area contributed by atoms with Crippen LogP contribution < -0.4 is 5.32 Å². The molecule has 0 saturated heterocycles. The highest BCUT2D eigenvalue weighted by atomic mass is 32.2. The van der Waals surface area contributed by atoms with Gasteiger partial charge < -0.3 is 5.32 Å². The average Bonchev–Trinajstić information content (AvgIpc) is 3.00. The van der Waals surface area contributed by atoms with Crippen molar-refractivity contribution in [3.63, 3.8) is 0 Å². The van der Waals surface area contributed by atoms with E-state index < -0.39 is 0 Å². The van der Waals surface area contributed by atoms with Crippen LogP contribution in [0.2, 0.25) is 0 Å². The van der Waals surface area contributed by atoms with Gasteiger partial charge in [0.15, 0.2) is 0 Å². The number of nitrogens with one attached hydrogen (secondary N) is 1. The second-order valence-electron chi connectivity index (χ2n) is 7.69. The van der Waals surface area contributed by atoms with Crippen LogP contribution in [0.1, 0.15) is 40.7 Å². The van der Waals surface area contributed by atoms with Crippen molar-refractivity contribution < 1.29 is 4.79 Å². The van der Waals surface area contributed by atoms with Crippen LogP contribution in [-0.4, -0.2) is 21.6 Å². The largest absolute Gasteiger partial charge is 0.325 e. The number of anilines is 1. The smallest absolute Gasteiger partial charge is 0.234 e. The van der Waals surface area contributed by atoms with Crippen molar-refractivity contribution in [3.8, 4) is 0 Å². The lowest BCUT2D eigenvalue weighted by Gasteiger charge is -2.18. The van der Waals surface area contributed by atoms with E-state index in [1.54, 1.807) is 0 Å². The van der Waals surface area contributed by atoms with E-state index in [1.165, 1.54) is 39.6 Å². The average molecular weight is 412 g/mol. The van der Waals surface area contributed by atoms with Gasteiger partial charge in [-0.05, 0) is 68.7 Å². The van der Waals surface area contributed by atoms with Gasteiger partial charge in [0.05, 0.1) is 5.75 Å². The number of nitrogens with zero attached hydrogens (tertiary/aromatic N) is 2. The van der Waals surface area contributed by atoms with E-state index in [1.807, 2.05) is 37.3 Å². The van der Waals surface area contributed by atoms with Crippen LogP contribution in [0.3, 0.4) is 0 Å². The lowest BCUT2D eigenvalue weighted by Crippen LogP contribution is -2.15. The lowest BCUT2D eigenvalue weighted by molar-refractivity contribution is -0.113. The van der Waals surface area contributed by atoms with Crippen LogP contribution in [0.5, 0.6) is 0 Å². The zero-order chi connectivity index (χ0) is 19.8. The first-order chi connectivity index (χ1) is 13.4. The molecule has 28 heavy (non-hydrogen) atoms. The van der Waals surface area contributed by atoms with Crippen LogP contribution in [0, 0.1) is 26.7 Å². The van der Waals surface area contributed by atoms with E-state index in [0.717, 1.165) is 45.7 Å². The minimum absolute atomic E-state index is 0.000773. The normalized spacial score (nSPS) is 16.2. The van der Waals surface area contributed by atoms with Gasteiger partial charge in [0.2, 0.25) is 5.91 Å². The van der Waals surface area contributed by atoms with Gasteiger partial charge in [-0.2, -0.15) is 0 Å². The topological polar surface area (TPSA) is 54.9 Å². The molecule has 0 spiro atoms. The standard InChI is InChI=1S/C22H25N3OS2/c1-12-8-9-16-18(10-12)28-22-20(16)21(23-15(4)24-22)27-11-19(26)25-17-7-5-6-13(2)14(17)3/h5-7,12H,8-11H2,1-4H3,(H,25,26)/t12-/m1/s1. The molecule has 1 aliphatic rings. The monoisotopic (exact) mass is 411 g/mol. The molecule has 4 rings (SSSR count). The first kappa shape index (κ1) is 19.4. The summed E-state index contributed by atoms with van der Waals surface area (Å²) in [6.07, 6.45) is 3.43. The summed E-state index contributed by atoms with van der Waals surface area (Å²) in [6, 6.07) is 5.98. The molecule has 146 valence electrons. The molecule has 0 saturated carbocycles. The number of benzene rings is 1. The lowest BCUT2D eigenvalue weighted by atomic mass is 9.89. The molecule has 1 atom stereocenters. The molecule has 2 aromatic heterocycles. The van der Waals surface area contributed by atoms with Gasteiger partial charge >= 0.3 is 0 Å². The number of thioether (sulfide) groups is 1. The number of hydrogen-bond donors (Lipinski definition) is 1. The Hall–Kier alpha value is -1.92. The summed E-state index contributed by atoms with van der Waals surface area (Å²) in [6.45, 7) is 8.34. The molecular weight excluding hydrogens is 386 g/mol. The molecule has 3 aromatic rings. The van der Waals surface area contributed by atoms with Crippen molar-refractivity contribution in [2.75, 3.05) is 11.1 Å². The van der Waals surface area contributed by atoms with Gasteiger partial charge in [-0.3, -0.25) is 4.79 Å². The Labute approximate surface area is 174 Å². The number of fused-ring (bicyclic) bond motifs is 3. The number of aryl methyl sites for hydroxylation is 3. The van der Waals surface area contributed by atoms with E-state index in [2.05, 4.69) is 35.2 Å². The molecule has 0 unspecified atom stereocenters. The fourth-order valence-corrected chi connectivity index (χ4v) is 6.12. The number of thiophene rings is 1. The van der Waals surface area contributed by atoms with Gasteiger partial charge in [0, 0.05) is 16.0 Å². The number of carbonyl (C=O) groups excluding carboxylic acids is 1. The highest BCUT2D eigenvalue weighted by molar-refractivity contribution is 8.00. The van der Waals surface area contributed by atoms with Crippen molar-refractivity contribution >= 4 is 44.9 Å². The Bertz CT molecular complexity index is 1060. The Morgan fingerprint density at radius 2 is 2.11 bits per heavy atom. The number of aromatic nitrogens is 2. The predicted molar refractivity (Wildman–Crippen MR) is 119 cm³/mol. The quantitative estimate of drug-likeness (QED) is 0.457. The molecule has 1 aromatic carbocycles. The van der Waals surface area contributed by atoms with Crippen molar-refractivity contribution in [1.82, 2.24) is 9.97 Å². The fourth-order valence-electron chi connectivity index (χ4n) is 3.72. The summed E-state index contributed by atoms with van der Waals surface area (Å²) in [7, 11) is 0. The Balaban J connectivity index is 1.56. The van der Waals surface area contributed by atoms with E-state index in [0.29, 0.717) is 5.75 Å². The van der Waals surface area contributed by atoms with Crippen LogP contribution in [0.25, 0.3) is 10.2 Å². The zero-order valence-corrected chi connectivity index (χ0v) is 18.4. The molecule has 2 heterocycles. The molecule has 0 aliphatic heterocycles. The van der Waals surface area contributed by atoms with Gasteiger partial charge in [0.1, 0.15) is 15.7 Å².